The third-order valence-electron chi connectivity index (χ3n) is 5.17. The summed E-state index contributed by atoms with van der Waals surface area (Å²) < 4.78 is 0. The molecule has 5 nitrogen and oxygen atoms in total. The average Bonchev–Trinajstić information content (AvgIpc) is 2.84. The van der Waals surface area contributed by atoms with Gasteiger partial charge in [-0.05, 0) is 24.7 Å². The van der Waals surface area contributed by atoms with Crippen molar-refractivity contribution in [2.24, 2.45) is 0 Å². The topological polar surface area (TPSA) is 52.5 Å². The van der Waals surface area contributed by atoms with E-state index in [9.17, 15) is 5.11 Å². The third kappa shape index (κ3) is 3.56. The molecule has 0 radical (unpaired) electrons. The van der Waals surface area contributed by atoms with Gasteiger partial charge in [0.05, 0.1) is 11.7 Å². The monoisotopic (exact) mass is 390 g/mol. The van der Waals surface area contributed by atoms with Crippen molar-refractivity contribution < 1.29 is 5.11 Å². The van der Waals surface area contributed by atoms with Crippen LogP contribution in [0, 0.1) is 0 Å². The number of aromatic nitrogens is 2. The van der Waals surface area contributed by atoms with Crippen LogP contribution >= 0.6 is 23.4 Å². The molecule has 0 saturated carbocycles. The maximum absolute atomic E-state index is 10.7. The van der Waals surface area contributed by atoms with E-state index in [1.807, 2.05) is 6.26 Å². The predicted molar refractivity (Wildman–Crippen MR) is 106 cm³/mol. The van der Waals surface area contributed by atoms with Crippen LogP contribution in [0.3, 0.4) is 0 Å². The van der Waals surface area contributed by atoms with E-state index in [1.165, 1.54) is 17.3 Å². The smallest absolute Gasteiger partial charge is 0.190 e. The second-order valence-corrected chi connectivity index (χ2v) is 8.04. The Kier molecular flexibility index (Phi) is 5.36. The summed E-state index contributed by atoms with van der Waals surface area (Å²) in [6, 6.07) is 10.8. The molecule has 26 heavy (non-hydrogen) atoms. The van der Waals surface area contributed by atoms with Crippen molar-refractivity contribution >= 4 is 29.2 Å². The van der Waals surface area contributed by atoms with Crippen LogP contribution in [0.25, 0.3) is 0 Å². The molecule has 2 aliphatic heterocycles. The number of anilines is 1. The highest BCUT2D eigenvalue weighted by Crippen LogP contribution is 2.41. The Labute approximate surface area is 163 Å². The largest absolute Gasteiger partial charge is 0.388 e. The van der Waals surface area contributed by atoms with Gasteiger partial charge in [-0.1, -0.05) is 53.7 Å². The van der Waals surface area contributed by atoms with E-state index in [1.54, 1.807) is 0 Å². The summed E-state index contributed by atoms with van der Waals surface area (Å²) in [5.74, 6) is 0.819. The van der Waals surface area contributed by atoms with Gasteiger partial charge in [-0.25, -0.2) is 9.97 Å². The molecule has 1 unspecified atom stereocenters. The molecule has 2 atom stereocenters. The van der Waals surface area contributed by atoms with E-state index in [0.29, 0.717) is 22.3 Å². The molecule has 0 aliphatic carbocycles. The molecule has 2 aliphatic rings. The highest BCUT2D eigenvalue weighted by Gasteiger charge is 2.37. The van der Waals surface area contributed by atoms with Crippen molar-refractivity contribution in [3.05, 3.63) is 46.6 Å². The Morgan fingerprint density at radius 3 is 2.81 bits per heavy atom. The molecule has 4 rings (SSSR count). The molecule has 7 heteroatoms. The molecular formula is C19H23ClN4OS. The number of halogens is 1. The van der Waals surface area contributed by atoms with Crippen molar-refractivity contribution in [3.63, 3.8) is 0 Å². The zero-order chi connectivity index (χ0) is 18.1. The third-order valence-corrected chi connectivity index (χ3v) is 6.01. The fourth-order valence-electron chi connectivity index (χ4n) is 3.99. The molecule has 138 valence electrons. The molecule has 0 amide bonds. The summed E-state index contributed by atoms with van der Waals surface area (Å²) in [5, 5.41) is 11.7. The Morgan fingerprint density at radius 1 is 1.23 bits per heavy atom. The molecule has 1 aromatic heterocycles. The molecule has 1 N–H and O–H groups in total. The summed E-state index contributed by atoms with van der Waals surface area (Å²) in [7, 11) is 0. The summed E-state index contributed by atoms with van der Waals surface area (Å²) >= 11 is 7.85. The lowest BCUT2D eigenvalue weighted by Crippen LogP contribution is -2.45. The average molecular weight is 391 g/mol. The maximum Gasteiger partial charge on any atom is 0.190 e. The lowest BCUT2D eigenvalue weighted by atomic mass is 9.96. The standard InChI is InChI=1S/C19H23ClN4OS/c1-26-19-21-17(20)16-15(25)10-14-12-23(11-13-6-3-2-4-7-13)8-5-9-24(14)18(16)22-19/h2-4,6-7,14-15,25H,5,8-12H2,1H3/t14-,15?/m1/s1. The number of fused-ring (bicyclic) bond motifs is 3. The summed E-state index contributed by atoms with van der Waals surface area (Å²) in [6.45, 7) is 3.83. The second-order valence-electron chi connectivity index (χ2n) is 6.91. The number of aliphatic hydroxyl groups excluding tert-OH is 1. The van der Waals surface area contributed by atoms with Gasteiger partial charge in [-0.2, -0.15) is 0 Å². The van der Waals surface area contributed by atoms with Gasteiger partial charge in [0.1, 0.15) is 11.0 Å². The van der Waals surface area contributed by atoms with Crippen LogP contribution in [0.15, 0.2) is 35.5 Å². The fourth-order valence-corrected chi connectivity index (χ4v) is 4.69. The normalized spacial score (nSPS) is 23.3. The predicted octanol–water partition coefficient (Wildman–Crippen LogP) is 3.37. The van der Waals surface area contributed by atoms with Gasteiger partial charge >= 0.3 is 0 Å². The minimum Gasteiger partial charge on any atom is -0.388 e. The van der Waals surface area contributed by atoms with E-state index >= 15 is 0 Å². The first kappa shape index (κ1) is 18.0. The number of benzene rings is 1. The molecule has 0 spiro atoms. The van der Waals surface area contributed by atoms with E-state index in [0.717, 1.165) is 38.4 Å². The van der Waals surface area contributed by atoms with Crippen LogP contribution in [0.2, 0.25) is 5.15 Å². The van der Waals surface area contributed by atoms with Gasteiger partial charge in [0.2, 0.25) is 0 Å². The fraction of sp³-hybridized carbons (Fsp3) is 0.474. The number of hydrogen-bond donors (Lipinski definition) is 1. The number of hydrogen-bond acceptors (Lipinski definition) is 6. The van der Waals surface area contributed by atoms with Gasteiger partial charge < -0.3 is 10.0 Å². The Balaban J connectivity index is 1.60. The molecule has 2 aromatic rings. The van der Waals surface area contributed by atoms with Crippen LogP contribution < -0.4 is 4.90 Å². The van der Waals surface area contributed by atoms with Crippen LogP contribution in [0.4, 0.5) is 5.82 Å². The zero-order valence-electron chi connectivity index (χ0n) is 14.8. The first-order valence-corrected chi connectivity index (χ1v) is 10.6. The lowest BCUT2D eigenvalue weighted by molar-refractivity contribution is 0.137. The van der Waals surface area contributed by atoms with Gasteiger partial charge in [0, 0.05) is 32.2 Å². The van der Waals surface area contributed by atoms with Crippen molar-refractivity contribution in [1.29, 1.82) is 0 Å². The lowest BCUT2D eigenvalue weighted by Gasteiger charge is -2.39. The molecule has 3 heterocycles. The second kappa shape index (κ2) is 7.72. The zero-order valence-corrected chi connectivity index (χ0v) is 16.4. The van der Waals surface area contributed by atoms with Crippen molar-refractivity contribution in [2.75, 3.05) is 30.8 Å². The quantitative estimate of drug-likeness (QED) is 0.492. The van der Waals surface area contributed by atoms with E-state index in [2.05, 4.69) is 45.1 Å². The SMILES string of the molecule is CSc1nc(Cl)c2c(n1)N1CCCN(Cc3ccccc3)C[C@H]1CC2O. The van der Waals surface area contributed by atoms with E-state index < -0.39 is 6.10 Å². The molecular weight excluding hydrogens is 368 g/mol. The summed E-state index contributed by atoms with van der Waals surface area (Å²) in [5.41, 5.74) is 2.02. The van der Waals surface area contributed by atoms with Gasteiger partial charge in [-0.15, -0.1) is 0 Å². The van der Waals surface area contributed by atoms with Crippen LogP contribution in [-0.4, -0.2) is 51.9 Å². The summed E-state index contributed by atoms with van der Waals surface area (Å²) in [4.78, 5) is 13.8. The first-order valence-electron chi connectivity index (χ1n) is 8.98. The number of nitrogens with zero attached hydrogens (tertiary/aromatic N) is 4. The minimum absolute atomic E-state index is 0.240. The first-order chi connectivity index (χ1) is 12.7. The molecule has 1 saturated heterocycles. The van der Waals surface area contributed by atoms with Gasteiger partial charge in [0.15, 0.2) is 5.16 Å². The van der Waals surface area contributed by atoms with Gasteiger partial charge in [0.25, 0.3) is 0 Å². The molecule has 0 bridgehead atoms. The van der Waals surface area contributed by atoms with Crippen LogP contribution in [0.5, 0.6) is 0 Å². The molecule has 1 fully saturated rings. The van der Waals surface area contributed by atoms with E-state index in [4.69, 9.17) is 16.6 Å². The molecule has 1 aromatic carbocycles. The Bertz CT molecular complexity index is 776. The van der Waals surface area contributed by atoms with Crippen LogP contribution in [0.1, 0.15) is 30.1 Å². The van der Waals surface area contributed by atoms with E-state index in [-0.39, 0.29) is 6.04 Å². The summed E-state index contributed by atoms with van der Waals surface area (Å²) in [6.07, 6.45) is 3.07. The Morgan fingerprint density at radius 2 is 2.04 bits per heavy atom. The minimum atomic E-state index is -0.605. The number of rotatable bonds is 3. The maximum atomic E-state index is 10.7. The Hall–Kier alpha value is -1.34. The van der Waals surface area contributed by atoms with Gasteiger partial charge in [-0.3, -0.25) is 4.90 Å². The highest BCUT2D eigenvalue weighted by atomic mass is 35.5. The highest BCUT2D eigenvalue weighted by molar-refractivity contribution is 7.98. The van der Waals surface area contributed by atoms with Crippen molar-refractivity contribution in [2.45, 2.75) is 36.7 Å². The van der Waals surface area contributed by atoms with Crippen molar-refractivity contribution in [1.82, 2.24) is 14.9 Å². The van der Waals surface area contributed by atoms with Crippen molar-refractivity contribution in [3.8, 4) is 0 Å². The number of thioether (sulfide) groups is 1. The number of aliphatic hydroxyl groups is 1. The van der Waals surface area contributed by atoms with Crippen LogP contribution in [-0.2, 0) is 6.54 Å².